The fraction of sp³-hybridized carbons (Fsp3) is 0.259. The van der Waals surface area contributed by atoms with Crippen molar-refractivity contribution in [2.45, 2.75) is 19.1 Å². The smallest absolute Gasteiger partial charge is 0.247 e. The van der Waals surface area contributed by atoms with Gasteiger partial charge in [-0.25, -0.2) is 23.6 Å². The monoisotopic (exact) mass is 494 g/mol. The number of fused-ring (bicyclic) bond motifs is 1. The van der Waals surface area contributed by atoms with Crippen LogP contribution < -0.4 is 15.8 Å². The quantitative estimate of drug-likeness (QED) is 0.552. The molecule has 6 nitrogen and oxygen atoms in total. The van der Waals surface area contributed by atoms with Gasteiger partial charge in [-0.05, 0) is 42.0 Å². The highest BCUT2D eigenvalue weighted by Crippen LogP contribution is 2.32. The van der Waals surface area contributed by atoms with E-state index in [0.29, 0.717) is 25.3 Å². The summed E-state index contributed by atoms with van der Waals surface area (Å²) >= 11 is 0. The Bertz CT molecular complexity index is 1240. The van der Waals surface area contributed by atoms with Gasteiger partial charge in [0.2, 0.25) is 11.8 Å². The zero-order chi connectivity index (χ0) is 25.2. The number of carbonyl (C=O) groups is 2. The third-order valence-electron chi connectivity index (χ3n) is 6.76. The van der Waals surface area contributed by atoms with Gasteiger partial charge in [-0.15, -0.1) is 0 Å². The van der Waals surface area contributed by atoms with Crippen molar-refractivity contribution in [2.24, 2.45) is 11.8 Å². The Morgan fingerprint density at radius 2 is 1.61 bits per heavy atom. The molecule has 0 bridgehead atoms. The molecule has 0 aromatic heterocycles. The Hall–Kier alpha value is -3.69. The van der Waals surface area contributed by atoms with Gasteiger partial charge in [0.05, 0.1) is 23.6 Å². The minimum Gasteiger partial charge on any atom is -0.351 e. The van der Waals surface area contributed by atoms with E-state index in [9.17, 15) is 22.8 Å². The molecule has 2 aliphatic heterocycles. The standard InChI is InChI=1S/C27H25F3N4O2/c28-18-11-9-17(10-12-18)14-33-15-21(26(35)31-13-20-23(29)7-4-8-24(20)30)25-22(16-33)27(36)34(32-25)19-5-2-1-3-6-19/h1-12,21-22,25,32H,13-16H2,(H,31,35). The molecule has 0 spiro atoms. The first-order valence-corrected chi connectivity index (χ1v) is 11.7. The molecule has 3 aromatic rings. The number of amides is 2. The van der Waals surface area contributed by atoms with Crippen LogP contribution in [-0.4, -0.2) is 35.8 Å². The number of nitrogens with zero attached hydrogens (tertiary/aromatic N) is 2. The lowest BCUT2D eigenvalue weighted by atomic mass is 9.83. The predicted molar refractivity (Wildman–Crippen MR) is 128 cm³/mol. The number of para-hydroxylation sites is 1. The van der Waals surface area contributed by atoms with Crippen LogP contribution in [0, 0.1) is 29.3 Å². The Kier molecular flexibility index (Phi) is 6.75. The van der Waals surface area contributed by atoms with Crippen LogP contribution in [0.5, 0.6) is 0 Å². The van der Waals surface area contributed by atoms with E-state index in [2.05, 4.69) is 10.7 Å². The van der Waals surface area contributed by atoms with E-state index in [1.807, 2.05) is 23.1 Å². The topological polar surface area (TPSA) is 64.7 Å². The van der Waals surface area contributed by atoms with Gasteiger partial charge in [-0.3, -0.25) is 14.5 Å². The highest BCUT2D eigenvalue weighted by atomic mass is 19.1. The molecule has 9 heteroatoms. The van der Waals surface area contributed by atoms with E-state index in [0.717, 1.165) is 17.7 Å². The summed E-state index contributed by atoms with van der Waals surface area (Å²) in [6, 6.07) is 18.2. The third kappa shape index (κ3) is 4.84. The van der Waals surface area contributed by atoms with E-state index in [1.54, 1.807) is 24.3 Å². The lowest BCUT2D eigenvalue weighted by Crippen LogP contribution is -2.56. The highest BCUT2D eigenvalue weighted by Gasteiger charge is 2.50. The lowest BCUT2D eigenvalue weighted by molar-refractivity contribution is -0.130. The minimum atomic E-state index is -0.737. The number of carbonyl (C=O) groups excluding carboxylic acids is 2. The molecule has 2 aliphatic rings. The Labute approximate surface area is 206 Å². The van der Waals surface area contributed by atoms with Crippen LogP contribution in [0.3, 0.4) is 0 Å². The van der Waals surface area contributed by atoms with Gasteiger partial charge in [0.25, 0.3) is 0 Å². The fourth-order valence-electron chi connectivity index (χ4n) is 4.94. The Balaban J connectivity index is 1.38. The number of benzene rings is 3. The highest BCUT2D eigenvalue weighted by molar-refractivity contribution is 5.98. The summed E-state index contributed by atoms with van der Waals surface area (Å²) in [4.78, 5) is 28.7. The van der Waals surface area contributed by atoms with Gasteiger partial charge >= 0.3 is 0 Å². The second kappa shape index (κ2) is 10.1. The number of hydrazine groups is 1. The molecule has 3 unspecified atom stereocenters. The molecule has 0 radical (unpaired) electrons. The van der Waals surface area contributed by atoms with Crippen molar-refractivity contribution in [1.29, 1.82) is 0 Å². The van der Waals surface area contributed by atoms with Crippen molar-refractivity contribution in [3.8, 4) is 0 Å². The minimum absolute atomic E-state index is 0.159. The van der Waals surface area contributed by atoms with Crippen molar-refractivity contribution >= 4 is 17.5 Å². The van der Waals surface area contributed by atoms with Crippen LogP contribution in [0.25, 0.3) is 0 Å². The maximum atomic E-state index is 14.1. The van der Waals surface area contributed by atoms with E-state index < -0.39 is 35.4 Å². The van der Waals surface area contributed by atoms with Crippen molar-refractivity contribution in [3.05, 3.63) is 101 Å². The molecule has 186 valence electrons. The van der Waals surface area contributed by atoms with Gasteiger partial charge in [-0.1, -0.05) is 36.4 Å². The molecular formula is C27H25F3N4O2. The SMILES string of the molecule is O=C(NCc1c(F)cccc1F)C1CN(Cc2ccc(F)cc2)CC2C(=O)N(c3ccccc3)NC12. The average molecular weight is 495 g/mol. The Morgan fingerprint density at radius 1 is 0.917 bits per heavy atom. The molecule has 5 rings (SSSR count). The Morgan fingerprint density at radius 3 is 2.31 bits per heavy atom. The first-order valence-electron chi connectivity index (χ1n) is 11.7. The molecule has 2 saturated heterocycles. The third-order valence-corrected chi connectivity index (χ3v) is 6.76. The zero-order valence-electron chi connectivity index (χ0n) is 19.3. The van der Waals surface area contributed by atoms with E-state index >= 15 is 0 Å². The van der Waals surface area contributed by atoms with Crippen LogP contribution in [0.15, 0.2) is 72.8 Å². The summed E-state index contributed by atoms with van der Waals surface area (Å²) in [5.41, 5.74) is 4.49. The molecule has 2 amide bonds. The number of piperidine rings is 1. The predicted octanol–water partition coefficient (Wildman–Crippen LogP) is 3.39. The molecule has 0 aliphatic carbocycles. The molecule has 3 aromatic carbocycles. The van der Waals surface area contributed by atoms with Crippen LogP contribution >= 0.6 is 0 Å². The first kappa shape index (κ1) is 24.0. The largest absolute Gasteiger partial charge is 0.351 e. The maximum absolute atomic E-state index is 14.1. The summed E-state index contributed by atoms with van der Waals surface area (Å²) in [5, 5.41) is 4.13. The molecular weight excluding hydrogens is 469 g/mol. The number of anilines is 1. The molecule has 36 heavy (non-hydrogen) atoms. The summed E-state index contributed by atoms with van der Waals surface area (Å²) in [6.45, 7) is 0.837. The van der Waals surface area contributed by atoms with Gasteiger partial charge in [0.1, 0.15) is 17.5 Å². The second-order valence-electron chi connectivity index (χ2n) is 9.12. The normalized spacial score (nSPS) is 21.9. The van der Waals surface area contributed by atoms with Crippen molar-refractivity contribution in [1.82, 2.24) is 15.6 Å². The number of hydrogen-bond acceptors (Lipinski definition) is 4. The number of likely N-dealkylation sites (tertiary alicyclic amines) is 1. The molecule has 2 fully saturated rings. The van der Waals surface area contributed by atoms with Crippen LogP contribution in [0.1, 0.15) is 11.1 Å². The van der Waals surface area contributed by atoms with Crippen LogP contribution in [0.2, 0.25) is 0 Å². The van der Waals surface area contributed by atoms with E-state index in [1.165, 1.54) is 23.2 Å². The van der Waals surface area contributed by atoms with Crippen LogP contribution in [0.4, 0.5) is 18.9 Å². The number of halogens is 3. The number of nitrogens with one attached hydrogen (secondary N) is 2. The molecule has 0 saturated carbocycles. The van der Waals surface area contributed by atoms with Crippen molar-refractivity contribution < 1.29 is 22.8 Å². The number of hydrogen-bond donors (Lipinski definition) is 2. The zero-order valence-corrected chi connectivity index (χ0v) is 19.3. The summed E-state index contributed by atoms with van der Waals surface area (Å²) in [7, 11) is 0. The maximum Gasteiger partial charge on any atom is 0.247 e. The summed E-state index contributed by atoms with van der Waals surface area (Å²) in [6.07, 6.45) is 0. The van der Waals surface area contributed by atoms with Crippen molar-refractivity contribution in [2.75, 3.05) is 18.1 Å². The van der Waals surface area contributed by atoms with Gasteiger partial charge in [0, 0.05) is 31.7 Å². The molecule has 2 heterocycles. The average Bonchev–Trinajstić information content (AvgIpc) is 3.21. The van der Waals surface area contributed by atoms with Crippen molar-refractivity contribution in [3.63, 3.8) is 0 Å². The van der Waals surface area contributed by atoms with E-state index in [4.69, 9.17) is 0 Å². The molecule has 2 N–H and O–H groups in total. The second-order valence-corrected chi connectivity index (χ2v) is 9.12. The van der Waals surface area contributed by atoms with Gasteiger partial charge < -0.3 is 5.32 Å². The summed E-state index contributed by atoms with van der Waals surface area (Å²) in [5.74, 6) is -3.57. The van der Waals surface area contributed by atoms with Gasteiger partial charge in [-0.2, -0.15) is 0 Å². The first-order chi connectivity index (χ1) is 17.4. The molecule has 3 atom stereocenters. The fourth-order valence-corrected chi connectivity index (χ4v) is 4.94. The van der Waals surface area contributed by atoms with Crippen LogP contribution in [-0.2, 0) is 22.7 Å². The van der Waals surface area contributed by atoms with E-state index in [-0.39, 0.29) is 23.8 Å². The lowest BCUT2D eigenvalue weighted by Gasteiger charge is -2.38. The summed E-state index contributed by atoms with van der Waals surface area (Å²) < 4.78 is 41.6. The van der Waals surface area contributed by atoms with Gasteiger partial charge in [0.15, 0.2) is 0 Å². The number of rotatable bonds is 6.